The van der Waals surface area contributed by atoms with Crippen molar-refractivity contribution in [2.24, 2.45) is 0 Å². The number of rotatable bonds is 6. The Morgan fingerprint density at radius 2 is 1.43 bits per heavy atom. The molecule has 4 rings (SSSR count). The Bertz CT molecular complexity index is 1170. The summed E-state index contributed by atoms with van der Waals surface area (Å²) in [6.07, 6.45) is 3.17. The summed E-state index contributed by atoms with van der Waals surface area (Å²) >= 11 is 1.32. The van der Waals surface area contributed by atoms with Crippen LogP contribution < -0.4 is 4.74 Å². The number of ketones is 1. The van der Waals surface area contributed by atoms with E-state index in [1.807, 2.05) is 66.0 Å². The lowest BCUT2D eigenvalue weighted by molar-refractivity contribution is 0.0739. The number of hydrogen-bond acceptors (Lipinski definition) is 4. The molecule has 0 unspecified atom stereocenters. The number of carbonyl (C=O) groups excluding carboxylic acids is 2. The van der Waals surface area contributed by atoms with Crippen LogP contribution in [0.2, 0.25) is 0 Å². The molecule has 0 saturated carbocycles. The third-order valence-corrected chi connectivity index (χ3v) is 5.38. The molecule has 0 bridgehead atoms. The fourth-order valence-corrected chi connectivity index (χ4v) is 3.57. The highest BCUT2D eigenvalue weighted by Gasteiger charge is 2.11. The second-order valence-corrected chi connectivity index (χ2v) is 7.49. The van der Waals surface area contributed by atoms with E-state index < -0.39 is 5.97 Å². The van der Waals surface area contributed by atoms with Gasteiger partial charge in [0.15, 0.2) is 5.78 Å². The summed E-state index contributed by atoms with van der Waals surface area (Å²) in [5, 5.41) is 1.82. The van der Waals surface area contributed by atoms with Crippen molar-refractivity contribution in [2.75, 3.05) is 0 Å². The van der Waals surface area contributed by atoms with Gasteiger partial charge in [0, 0.05) is 11.1 Å². The van der Waals surface area contributed by atoms with Crippen LogP contribution in [-0.2, 0) is 0 Å². The van der Waals surface area contributed by atoms with Gasteiger partial charge in [-0.05, 0) is 40.8 Å². The summed E-state index contributed by atoms with van der Waals surface area (Å²) < 4.78 is 5.50. The van der Waals surface area contributed by atoms with Gasteiger partial charge in [-0.1, -0.05) is 78.9 Å². The quantitative estimate of drug-likeness (QED) is 0.157. The van der Waals surface area contributed by atoms with Gasteiger partial charge in [0.25, 0.3) is 0 Å². The summed E-state index contributed by atoms with van der Waals surface area (Å²) in [7, 11) is 0. The van der Waals surface area contributed by atoms with E-state index in [1.165, 1.54) is 17.4 Å². The van der Waals surface area contributed by atoms with E-state index in [4.69, 9.17) is 4.74 Å². The van der Waals surface area contributed by atoms with Crippen molar-refractivity contribution in [3.8, 4) is 16.9 Å². The monoisotopic (exact) mass is 410 g/mol. The maximum absolute atomic E-state index is 12.6. The number of carbonyl (C=O) groups is 2. The number of ether oxygens (including phenoxy) is 1. The molecular formula is C26H18O3S. The predicted molar refractivity (Wildman–Crippen MR) is 121 cm³/mol. The highest BCUT2D eigenvalue weighted by atomic mass is 32.1. The molecule has 1 heterocycles. The third kappa shape index (κ3) is 4.62. The van der Waals surface area contributed by atoms with Crippen LogP contribution in [0.4, 0.5) is 0 Å². The molecule has 0 aliphatic heterocycles. The lowest BCUT2D eigenvalue weighted by Gasteiger charge is -2.06. The van der Waals surface area contributed by atoms with E-state index in [0.717, 1.165) is 11.1 Å². The van der Waals surface area contributed by atoms with Gasteiger partial charge >= 0.3 is 5.97 Å². The Kier molecular flexibility index (Phi) is 5.97. The number of thiophene rings is 1. The lowest BCUT2D eigenvalue weighted by Crippen LogP contribution is -2.07. The Labute approximate surface area is 178 Å². The van der Waals surface area contributed by atoms with Crippen LogP contribution in [-0.4, -0.2) is 11.8 Å². The van der Waals surface area contributed by atoms with Crippen LogP contribution in [0.15, 0.2) is 102 Å². The Morgan fingerprint density at radius 1 is 0.733 bits per heavy atom. The molecule has 0 saturated heterocycles. The van der Waals surface area contributed by atoms with Crippen molar-refractivity contribution < 1.29 is 14.3 Å². The number of hydrogen-bond donors (Lipinski definition) is 0. The van der Waals surface area contributed by atoms with Crippen LogP contribution in [0.25, 0.3) is 17.2 Å². The molecule has 0 aliphatic rings. The number of benzene rings is 3. The maximum Gasteiger partial charge on any atom is 0.353 e. The average molecular weight is 410 g/mol. The molecule has 146 valence electrons. The second-order valence-electron chi connectivity index (χ2n) is 6.55. The van der Waals surface area contributed by atoms with E-state index >= 15 is 0 Å². The van der Waals surface area contributed by atoms with Crippen LogP contribution >= 0.6 is 11.3 Å². The molecule has 1 aromatic heterocycles. The fraction of sp³-hybridized carbons (Fsp3) is 0. The summed E-state index contributed by atoms with van der Waals surface area (Å²) in [4.78, 5) is 25.4. The smallest absolute Gasteiger partial charge is 0.353 e. The first kappa shape index (κ1) is 19.6. The summed E-state index contributed by atoms with van der Waals surface area (Å²) in [6, 6.07) is 28.2. The molecule has 3 aromatic carbocycles. The van der Waals surface area contributed by atoms with Crippen molar-refractivity contribution in [2.45, 2.75) is 0 Å². The largest absolute Gasteiger partial charge is 0.422 e. The van der Waals surface area contributed by atoms with Crippen LogP contribution in [0.5, 0.6) is 5.75 Å². The molecule has 0 atom stereocenters. The summed E-state index contributed by atoms with van der Waals surface area (Å²) in [6.45, 7) is 0. The zero-order valence-electron chi connectivity index (χ0n) is 16.0. The molecule has 4 heteroatoms. The van der Waals surface area contributed by atoms with Gasteiger partial charge in [-0.15, -0.1) is 11.3 Å². The zero-order valence-corrected chi connectivity index (χ0v) is 16.8. The van der Waals surface area contributed by atoms with Gasteiger partial charge in [0.1, 0.15) is 10.6 Å². The van der Waals surface area contributed by atoms with Crippen molar-refractivity contribution in [3.05, 3.63) is 118 Å². The van der Waals surface area contributed by atoms with E-state index in [0.29, 0.717) is 21.8 Å². The zero-order chi connectivity index (χ0) is 20.8. The van der Waals surface area contributed by atoms with E-state index in [-0.39, 0.29) is 5.78 Å². The standard InChI is InChI=1S/C26H18O3S/c27-23(21-14-12-20(13-15-21)19-7-2-1-3-8-19)17-16-22-9-4-5-10-24(22)29-26(28)25-11-6-18-30-25/h1-18H/b17-16+. The van der Waals surface area contributed by atoms with Crippen LogP contribution in [0.1, 0.15) is 25.6 Å². The summed E-state index contributed by atoms with van der Waals surface area (Å²) in [5.41, 5.74) is 3.42. The SMILES string of the molecule is O=C(/C=C/c1ccccc1OC(=O)c1cccs1)c1ccc(-c2ccccc2)cc1. The fourth-order valence-electron chi connectivity index (χ4n) is 2.98. The van der Waals surface area contributed by atoms with Gasteiger partial charge in [-0.2, -0.15) is 0 Å². The first-order valence-corrected chi connectivity index (χ1v) is 10.3. The molecule has 0 aliphatic carbocycles. The maximum atomic E-state index is 12.6. The first-order chi connectivity index (χ1) is 14.7. The lowest BCUT2D eigenvalue weighted by atomic mass is 10.0. The van der Waals surface area contributed by atoms with Crippen molar-refractivity contribution >= 4 is 29.2 Å². The average Bonchev–Trinajstić information content (AvgIpc) is 3.34. The third-order valence-electron chi connectivity index (χ3n) is 4.53. The Hall–Kier alpha value is -3.76. The van der Waals surface area contributed by atoms with Gasteiger partial charge in [0.2, 0.25) is 0 Å². The molecule has 4 aromatic rings. The normalized spacial score (nSPS) is 10.8. The molecule has 0 spiro atoms. The van der Waals surface area contributed by atoms with E-state index in [9.17, 15) is 9.59 Å². The predicted octanol–water partition coefficient (Wildman–Crippen LogP) is 6.53. The summed E-state index contributed by atoms with van der Waals surface area (Å²) in [5.74, 6) is -0.109. The second kappa shape index (κ2) is 9.16. The molecule has 3 nitrogen and oxygen atoms in total. The number of para-hydroxylation sites is 1. The van der Waals surface area contributed by atoms with E-state index in [1.54, 1.807) is 36.4 Å². The van der Waals surface area contributed by atoms with Gasteiger partial charge in [-0.25, -0.2) is 4.79 Å². The van der Waals surface area contributed by atoms with Crippen molar-refractivity contribution in [3.63, 3.8) is 0 Å². The molecular weight excluding hydrogens is 392 g/mol. The van der Waals surface area contributed by atoms with Crippen molar-refractivity contribution in [1.82, 2.24) is 0 Å². The number of allylic oxidation sites excluding steroid dienone is 1. The van der Waals surface area contributed by atoms with E-state index in [2.05, 4.69) is 0 Å². The van der Waals surface area contributed by atoms with Gasteiger partial charge in [-0.3, -0.25) is 4.79 Å². The molecule has 0 fully saturated rings. The Balaban J connectivity index is 1.48. The van der Waals surface area contributed by atoms with Gasteiger partial charge in [0.05, 0.1) is 0 Å². The minimum absolute atomic E-state index is 0.117. The van der Waals surface area contributed by atoms with Gasteiger partial charge < -0.3 is 4.74 Å². The van der Waals surface area contributed by atoms with Crippen LogP contribution in [0.3, 0.4) is 0 Å². The van der Waals surface area contributed by atoms with Crippen LogP contribution in [0, 0.1) is 0 Å². The molecule has 30 heavy (non-hydrogen) atoms. The molecule has 0 radical (unpaired) electrons. The molecule has 0 amide bonds. The highest BCUT2D eigenvalue weighted by molar-refractivity contribution is 7.12. The Morgan fingerprint density at radius 3 is 2.17 bits per heavy atom. The topological polar surface area (TPSA) is 43.4 Å². The van der Waals surface area contributed by atoms with Crippen molar-refractivity contribution in [1.29, 1.82) is 0 Å². The minimum Gasteiger partial charge on any atom is -0.422 e. The molecule has 0 N–H and O–H groups in total. The number of esters is 1. The first-order valence-electron chi connectivity index (χ1n) is 9.43. The highest BCUT2D eigenvalue weighted by Crippen LogP contribution is 2.23. The minimum atomic E-state index is -0.409.